The van der Waals surface area contributed by atoms with Gasteiger partial charge in [0.05, 0.1) is 22.7 Å². The first-order valence-electron chi connectivity index (χ1n) is 12.4. The van der Waals surface area contributed by atoms with E-state index in [9.17, 15) is 9.59 Å². The molecule has 188 valence electrons. The fraction of sp³-hybridized carbons (Fsp3) is 0.481. The fourth-order valence-corrected chi connectivity index (χ4v) is 5.42. The van der Waals surface area contributed by atoms with E-state index in [1.165, 1.54) is 0 Å². The van der Waals surface area contributed by atoms with E-state index in [0.717, 1.165) is 48.8 Å². The fourth-order valence-electron chi connectivity index (χ4n) is 5.11. The number of carbonyl (C=O) groups is 2. The number of ether oxygens (including phenoxy) is 1. The Morgan fingerprint density at radius 2 is 1.94 bits per heavy atom. The van der Waals surface area contributed by atoms with Crippen molar-refractivity contribution >= 4 is 35.2 Å². The van der Waals surface area contributed by atoms with Crippen LogP contribution in [-0.4, -0.2) is 59.7 Å². The van der Waals surface area contributed by atoms with E-state index in [0.29, 0.717) is 36.2 Å². The summed E-state index contributed by atoms with van der Waals surface area (Å²) in [7, 11) is 1.83. The Balaban J connectivity index is 1.62. The third-order valence-electron chi connectivity index (χ3n) is 7.05. The van der Waals surface area contributed by atoms with E-state index >= 15 is 0 Å². The molecule has 2 aromatic carbocycles. The second-order valence-corrected chi connectivity index (χ2v) is 10.1. The summed E-state index contributed by atoms with van der Waals surface area (Å²) in [5, 5.41) is 4.80. The molecule has 0 spiro atoms. The van der Waals surface area contributed by atoms with Crippen molar-refractivity contribution in [1.29, 1.82) is 0 Å². The number of benzene rings is 2. The molecular weight excluding hydrogens is 485 g/mol. The largest absolute Gasteiger partial charge is 0.449 e. The van der Waals surface area contributed by atoms with Gasteiger partial charge >= 0.3 is 6.09 Å². The zero-order valence-electron chi connectivity index (χ0n) is 20.4. The third kappa shape index (κ3) is 5.76. The molecule has 0 bridgehead atoms. The summed E-state index contributed by atoms with van der Waals surface area (Å²) in [6.07, 6.45) is 4.99. The molecule has 2 atom stereocenters. The van der Waals surface area contributed by atoms with Crippen molar-refractivity contribution < 1.29 is 14.3 Å². The lowest BCUT2D eigenvalue weighted by Gasteiger charge is -2.47. The van der Waals surface area contributed by atoms with E-state index in [1.54, 1.807) is 11.1 Å². The van der Waals surface area contributed by atoms with Crippen molar-refractivity contribution in [2.75, 3.05) is 26.7 Å². The Morgan fingerprint density at radius 3 is 2.69 bits per heavy atom. The van der Waals surface area contributed by atoms with Gasteiger partial charge in [0.15, 0.2) is 0 Å². The van der Waals surface area contributed by atoms with Gasteiger partial charge in [0, 0.05) is 31.7 Å². The van der Waals surface area contributed by atoms with Crippen LogP contribution in [0.4, 0.5) is 4.79 Å². The molecule has 1 unspecified atom stereocenters. The molecule has 2 heterocycles. The lowest BCUT2D eigenvalue weighted by atomic mass is 9.91. The van der Waals surface area contributed by atoms with Gasteiger partial charge in [-0.2, -0.15) is 0 Å². The molecule has 4 rings (SSSR count). The van der Waals surface area contributed by atoms with Gasteiger partial charge in [-0.15, -0.1) is 0 Å². The minimum atomic E-state index is -0.253. The molecule has 0 saturated carbocycles. The summed E-state index contributed by atoms with van der Waals surface area (Å²) in [5.41, 5.74) is 2.77. The van der Waals surface area contributed by atoms with Crippen LogP contribution in [0.15, 0.2) is 42.5 Å². The van der Waals surface area contributed by atoms with Crippen molar-refractivity contribution in [3.8, 4) is 0 Å². The normalized spacial score (nSPS) is 21.0. The molecule has 2 aliphatic heterocycles. The summed E-state index contributed by atoms with van der Waals surface area (Å²) in [4.78, 5) is 28.0. The second kappa shape index (κ2) is 11.6. The Morgan fingerprint density at radius 1 is 1.14 bits per heavy atom. The minimum Gasteiger partial charge on any atom is -0.449 e. The molecule has 0 aliphatic carbocycles. The molecule has 0 radical (unpaired) electrons. The highest BCUT2D eigenvalue weighted by Crippen LogP contribution is 2.37. The van der Waals surface area contributed by atoms with Crippen molar-refractivity contribution in [3.63, 3.8) is 0 Å². The van der Waals surface area contributed by atoms with Gasteiger partial charge < -0.3 is 9.64 Å². The Kier molecular flexibility index (Phi) is 8.58. The molecule has 2 amide bonds. The lowest BCUT2D eigenvalue weighted by Crippen LogP contribution is -2.55. The van der Waals surface area contributed by atoms with Gasteiger partial charge in [-0.1, -0.05) is 60.8 Å². The lowest BCUT2D eigenvalue weighted by molar-refractivity contribution is -0.0616. The van der Waals surface area contributed by atoms with Crippen molar-refractivity contribution in [3.05, 3.63) is 69.2 Å². The van der Waals surface area contributed by atoms with Crippen LogP contribution in [-0.2, 0) is 11.2 Å². The molecule has 0 aromatic heterocycles. The number of hydrogen-bond acceptors (Lipinski definition) is 4. The Labute approximate surface area is 217 Å². The van der Waals surface area contributed by atoms with Crippen LogP contribution in [0.5, 0.6) is 0 Å². The quantitative estimate of drug-likeness (QED) is 0.428. The monoisotopic (exact) mass is 517 g/mol. The first kappa shape index (κ1) is 25.8. The van der Waals surface area contributed by atoms with Crippen LogP contribution in [0.2, 0.25) is 10.0 Å². The van der Waals surface area contributed by atoms with Crippen molar-refractivity contribution in [2.45, 2.75) is 57.5 Å². The van der Waals surface area contributed by atoms with Gasteiger partial charge in [-0.3, -0.25) is 9.80 Å². The average Bonchev–Trinajstić information content (AvgIpc) is 2.88. The summed E-state index contributed by atoms with van der Waals surface area (Å²) in [6.45, 7) is 3.94. The number of halogens is 2. The first-order chi connectivity index (χ1) is 16.9. The Hall–Kier alpha value is -2.28. The van der Waals surface area contributed by atoms with Gasteiger partial charge in [-0.05, 0) is 61.4 Å². The third-order valence-corrected chi connectivity index (χ3v) is 7.78. The maximum Gasteiger partial charge on any atom is 0.410 e. The standard InChI is InChI=1S/C27H33Cl2N3O3/c1-3-4-8-19-9-5-6-10-22(19)26(33)30(2)32-15-13-21(31-14-7-16-35-27(31)34)18-25(32)20-11-12-23(28)24(29)17-20/h5-6,9-12,17,21,25H,3-4,7-8,13-16,18H2,1-2H3/t21?,25-/m0/s1. The topological polar surface area (TPSA) is 53.1 Å². The predicted molar refractivity (Wildman–Crippen MR) is 139 cm³/mol. The minimum absolute atomic E-state index is 0.0267. The van der Waals surface area contributed by atoms with E-state index in [1.807, 2.05) is 48.3 Å². The molecule has 2 aromatic rings. The molecule has 35 heavy (non-hydrogen) atoms. The molecule has 8 heteroatoms. The molecule has 2 aliphatic rings. The number of cyclic esters (lactones) is 1. The van der Waals surface area contributed by atoms with E-state index in [4.69, 9.17) is 27.9 Å². The number of aryl methyl sites for hydroxylation is 1. The zero-order valence-corrected chi connectivity index (χ0v) is 21.9. The van der Waals surface area contributed by atoms with Gasteiger partial charge in [0.2, 0.25) is 0 Å². The molecular formula is C27H33Cl2N3O3. The maximum absolute atomic E-state index is 13.7. The van der Waals surface area contributed by atoms with Gasteiger partial charge in [0.1, 0.15) is 0 Å². The zero-order chi connectivity index (χ0) is 24.9. The predicted octanol–water partition coefficient (Wildman–Crippen LogP) is 6.37. The number of carbonyl (C=O) groups excluding carboxylic acids is 2. The first-order valence-corrected chi connectivity index (χ1v) is 13.2. The maximum atomic E-state index is 13.7. The number of hydrogen-bond donors (Lipinski definition) is 0. The second-order valence-electron chi connectivity index (χ2n) is 9.28. The summed E-state index contributed by atoms with van der Waals surface area (Å²) < 4.78 is 5.31. The number of amides is 2. The number of nitrogens with zero attached hydrogens (tertiary/aromatic N) is 3. The SMILES string of the molecule is CCCCc1ccccc1C(=O)N(C)N1CCC(N2CCCOC2=O)C[C@H]1c1ccc(Cl)c(Cl)c1. The van der Waals surface area contributed by atoms with Crippen LogP contribution >= 0.6 is 23.2 Å². The number of piperidine rings is 1. The summed E-state index contributed by atoms with van der Waals surface area (Å²) >= 11 is 12.6. The Bertz CT molecular complexity index is 1060. The van der Waals surface area contributed by atoms with Crippen molar-refractivity contribution in [2.24, 2.45) is 0 Å². The van der Waals surface area contributed by atoms with Gasteiger partial charge in [-0.25, -0.2) is 9.80 Å². The molecule has 6 nitrogen and oxygen atoms in total. The van der Waals surface area contributed by atoms with Crippen LogP contribution < -0.4 is 0 Å². The highest BCUT2D eigenvalue weighted by molar-refractivity contribution is 6.42. The molecule has 2 fully saturated rings. The number of rotatable bonds is 7. The molecule has 2 saturated heterocycles. The molecule has 0 N–H and O–H groups in total. The highest BCUT2D eigenvalue weighted by atomic mass is 35.5. The number of hydrazine groups is 1. The number of unbranched alkanes of at least 4 members (excludes halogenated alkanes) is 1. The van der Waals surface area contributed by atoms with Crippen LogP contribution in [0.25, 0.3) is 0 Å². The van der Waals surface area contributed by atoms with Crippen molar-refractivity contribution in [1.82, 2.24) is 14.9 Å². The summed E-state index contributed by atoms with van der Waals surface area (Å²) in [6, 6.07) is 13.4. The van der Waals surface area contributed by atoms with E-state index < -0.39 is 0 Å². The smallest absolute Gasteiger partial charge is 0.410 e. The highest BCUT2D eigenvalue weighted by Gasteiger charge is 2.39. The van der Waals surface area contributed by atoms with Gasteiger partial charge in [0.25, 0.3) is 5.91 Å². The average molecular weight is 518 g/mol. The van der Waals surface area contributed by atoms with Crippen LogP contribution in [0.1, 0.15) is 66.6 Å². The van der Waals surface area contributed by atoms with Crippen LogP contribution in [0, 0.1) is 0 Å². The van der Waals surface area contributed by atoms with E-state index in [2.05, 4.69) is 11.9 Å². The van der Waals surface area contributed by atoms with Crippen LogP contribution in [0.3, 0.4) is 0 Å². The summed E-state index contributed by atoms with van der Waals surface area (Å²) in [5.74, 6) is -0.0300. The van der Waals surface area contributed by atoms with E-state index in [-0.39, 0.29) is 24.1 Å².